The van der Waals surface area contributed by atoms with Crippen LogP contribution in [0.4, 0.5) is 0 Å². The van der Waals surface area contributed by atoms with Gasteiger partial charge in [-0.2, -0.15) is 0 Å². The van der Waals surface area contributed by atoms with Crippen molar-refractivity contribution in [3.63, 3.8) is 0 Å². The molecule has 0 atom stereocenters. The molecule has 3 rings (SSSR count). The summed E-state index contributed by atoms with van der Waals surface area (Å²) >= 11 is 0. The van der Waals surface area contributed by atoms with E-state index in [2.05, 4.69) is 10.2 Å². The number of amides is 1. The Hall–Kier alpha value is -1.81. The summed E-state index contributed by atoms with van der Waals surface area (Å²) in [6.07, 6.45) is 3.61. The highest BCUT2D eigenvalue weighted by Crippen LogP contribution is 2.22. The fourth-order valence-corrected chi connectivity index (χ4v) is 2.92. The molecule has 1 aliphatic rings. The molecule has 2 aromatic rings. The summed E-state index contributed by atoms with van der Waals surface area (Å²) in [4.78, 5) is 14.6. The van der Waals surface area contributed by atoms with Crippen LogP contribution in [0.5, 0.6) is 0 Å². The van der Waals surface area contributed by atoms with Crippen LogP contribution >= 0.6 is 0 Å². The zero-order valence-electron chi connectivity index (χ0n) is 12.5. The third-order valence-corrected chi connectivity index (χ3v) is 4.10. The third kappa shape index (κ3) is 3.27. The summed E-state index contributed by atoms with van der Waals surface area (Å²) in [5.74, 6) is 0.285. The van der Waals surface area contributed by atoms with Crippen LogP contribution in [0.1, 0.15) is 35.4 Å². The van der Waals surface area contributed by atoms with Gasteiger partial charge >= 0.3 is 0 Å². The highest BCUT2D eigenvalue weighted by molar-refractivity contribution is 5.96. The number of benzene rings is 1. The van der Waals surface area contributed by atoms with Gasteiger partial charge in [-0.1, -0.05) is 18.2 Å². The van der Waals surface area contributed by atoms with E-state index in [1.54, 1.807) is 0 Å². The smallest absolute Gasteiger partial charge is 0.287 e. The van der Waals surface area contributed by atoms with Crippen molar-refractivity contribution in [1.29, 1.82) is 0 Å². The zero-order valence-corrected chi connectivity index (χ0v) is 12.5. The number of hydrogen-bond donors (Lipinski definition) is 1. The van der Waals surface area contributed by atoms with Crippen LogP contribution in [0.25, 0.3) is 11.0 Å². The highest BCUT2D eigenvalue weighted by Gasteiger charge is 2.14. The van der Waals surface area contributed by atoms with Gasteiger partial charge in [0.1, 0.15) is 5.58 Å². The summed E-state index contributed by atoms with van der Waals surface area (Å²) in [5, 5.41) is 3.93. The molecule has 1 fully saturated rings. The Morgan fingerprint density at radius 2 is 2.14 bits per heavy atom. The molecule has 112 valence electrons. The molecule has 4 heteroatoms. The van der Waals surface area contributed by atoms with Crippen LogP contribution in [-0.4, -0.2) is 37.0 Å². The molecule has 1 aromatic heterocycles. The van der Waals surface area contributed by atoms with E-state index in [-0.39, 0.29) is 5.91 Å². The SMILES string of the molecule is Cc1cccc2cc(C(=O)NCCCN3CCCC3)oc12. The van der Waals surface area contributed by atoms with Crippen molar-refractivity contribution < 1.29 is 9.21 Å². The lowest BCUT2D eigenvalue weighted by atomic mass is 10.2. The molecule has 1 saturated heterocycles. The molecule has 0 bridgehead atoms. The number of carbonyl (C=O) groups excluding carboxylic acids is 1. The average molecular weight is 286 g/mol. The molecule has 0 radical (unpaired) electrons. The summed E-state index contributed by atoms with van der Waals surface area (Å²) in [7, 11) is 0. The molecule has 0 spiro atoms. The number of aryl methyl sites for hydroxylation is 1. The third-order valence-electron chi connectivity index (χ3n) is 4.10. The van der Waals surface area contributed by atoms with Crippen LogP contribution < -0.4 is 5.32 Å². The van der Waals surface area contributed by atoms with E-state index >= 15 is 0 Å². The van der Waals surface area contributed by atoms with Gasteiger partial charge in [0.25, 0.3) is 5.91 Å². The number of para-hydroxylation sites is 1. The number of nitrogens with one attached hydrogen (secondary N) is 1. The van der Waals surface area contributed by atoms with Gasteiger partial charge in [0.15, 0.2) is 5.76 Å². The number of furan rings is 1. The number of nitrogens with zero attached hydrogens (tertiary/aromatic N) is 1. The van der Waals surface area contributed by atoms with E-state index in [0.29, 0.717) is 12.3 Å². The maximum Gasteiger partial charge on any atom is 0.287 e. The minimum Gasteiger partial charge on any atom is -0.451 e. The van der Waals surface area contributed by atoms with Crippen molar-refractivity contribution in [2.45, 2.75) is 26.2 Å². The predicted molar refractivity (Wildman–Crippen MR) is 83.6 cm³/mol. The molecule has 1 N–H and O–H groups in total. The Morgan fingerprint density at radius 3 is 2.90 bits per heavy atom. The summed E-state index contributed by atoms with van der Waals surface area (Å²) < 4.78 is 5.67. The highest BCUT2D eigenvalue weighted by atomic mass is 16.3. The van der Waals surface area contributed by atoms with Crippen LogP contribution in [0.2, 0.25) is 0 Å². The lowest BCUT2D eigenvalue weighted by molar-refractivity contribution is 0.0926. The second-order valence-electron chi connectivity index (χ2n) is 5.76. The normalized spacial score (nSPS) is 15.7. The first-order chi connectivity index (χ1) is 10.2. The van der Waals surface area contributed by atoms with E-state index in [1.807, 2.05) is 31.2 Å². The quantitative estimate of drug-likeness (QED) is 0.860. The Kier molecular flexibility index (Phi) is 4.25. The molecule has 2 heterocycles. The van der Waals surface area contributed by atoms with Crippen molar-refractivity contribution >= 4 is 16.9 Å². The standard InChI is InChI=1S/C17H22N2O2/c1-13-6-4-7-14-12-15(21-16(13)14)17(20)18-8-5-11-19-9-2-3-10-19/h4,6-7,12H,2-3,5,8-11H2,1H3,(H,18,20). The van der Waals surface area contributed by atoms with E-state index in [0.717, 1.165) is 29.5 Å². The van der Waals surface area contributed by atoms with Gasteiger partial charge in [-0.05, 0) is 57.5 Å². The monoisotopic (exact) mass is 286 g/mol. The Morgan fingerprint density at radius 1 is 1.33 bits per heavy atom. The molecule has 4 nitrogen and oxygen atoms in total. The van der Waals surface area contributed by atoms with Crippen molar-refractivity contribution in [2.24, 2.45) is 0 Å². The first-order valence-electron chi connectivity index (χ1n) is 7.74. The van der Waals surface area contributed by atoms with E-state index in [9.17, 15) is 4.79 Å². The van der Waals surface area contributed by atoms with Gasteiger partial charge in [-0.25, -0.2) is 0 Å². The van der Waals surface area contributed by atoms with Crippen LogP contribution in [0.3, 0.4) is 0 Å². The minimum absolute atomic E-state index is 0.118. The molecule has 21 heavy (non-hydrogen) atoms. The first-order valence-corrected chi connectivity index (χ1v) is 7.74. The van der Waals surface area contributed by atoms with Crippen molar-refractivity contribution in [2.75, 3.05) is 26.2 Å². The largest absolute Gasteiger partial charge is 0.451 e. The molecule has 0 saturated carbocycles. The Bertz CT molecular complexity index is 627. The molecule has 1 amide bonds. The number of carbonyl (C=O) groups is 1. The molecule has 1 aliphatic heterocycles. The maximum absolute atomic E-state index is 12.1. The Balaban J connectivity index is 1.53. The van der Waals surface area contributed by atoms with Gasteiger partial charge in [-0.15, -0.1) is 0 Å². The van der Waals surface area contributed by atoms with Crippen molar-refractivity contribution in [3.8, 4) is 0 Å². The molecule has 0 unspecified atom stereocenters. The Labute approximate surface area is 125 Å². The van der Waals surface area contributed by atoms with Crippen molar-refractivity contribution in [3.05, 3.63) is 35.6 Å². The van der Waals surface area contributed by atoms with Gasteiger partial charge < -0.3 is 14.6 Å². The van der Waals surface area contributed by atoms with E-state index in [1.165, 1.54) is 25.9 Å². The van der Waals surface area contributed by atoms with Crippen molar-refractivity contribution in [1.82, 2.24) is 10.2 Å². The van der Waals surface area contributed by atoms with Gasteiger partial charge in [0.2, 0.25) is 0 Å². The second kappa shape index (κ2) is 6.31. The predicted octanol–water partition coefficient (Wildman–Crippen LogP) is 2.96. The van der Waals surface area contributed by atoms with Crippen LogP contribution in [0, 0.1) is 6.92 Å². The molecule has 1 aromatic carbocycles. The van der Waals surface area contributed by atoms with Gasteiger partial charge in [-0.3, -0.25) is 4.79 Å². The molecular weight excluding hydrogens is 264 g/mol. The molecular formula is C17H22N2O2. The van der Waals surface area contributed by atoms with Crippen LogP contribution in [-0.2, 0) is 0 Å². The fraction of sp³-hybridized carbons (Fsp3) is 0.471. The van der Waals surface area contributed by atoms with E-state index in [4.69, 9.17) is 4.42 Å². The number of likely N-dealkylation sites (tertiary alicyclic amines) is 1. The minimum atomic E-state index is -0.118. The summed E-state index contributed by atoms with van der Waals surface area (Å²) in [5.41, 5.74) is 1.86. The number of hydrogen-bond acceptors (Lipinski definition) is 3. The average Bonchev–Trinajstić information content (AvgIpc) is 3.13. The topological polar surface area (TPSA) is 45.5 Å². The van der Waals surface area contributed by atoms with Gasteiger partial charge in [0, 0.05) is 11.9 Å². The lowest BCUT2D eigenvalue weighted by Gasteiger charge is -2.13. The summed E-state index contributed by atoms with van der Waals surface area (Å²) in [6.45, 7) is 6.17. The van der Waals surface area contributed by atoms with E-state index < -0.39 is 0 Å². The van der Waals surface area contributed by atoms with Crippen LogP contribution in [0.15, 0.2) is 28.7 Å². The molecule has 0 aliphatic carbocycles. The number of fused-ring (bicyclic) bond motifs is 1. The fourth-order valence-electron chi connectivity index (χ4n) is 2.92. The lowest BCUT2D eigenvalue weighted by Crippen LogP contribution is -2.28. The second-order valence-corrected chi connectivity index (χ2v) is 5.76. The first kappa shape index (κ1) is 14.1. The zero-order chi connectivity index (χ0) is 14.7. The van der Waals surface area contributed by atoms with Gasteiger partial charge in [0.05, 0.1) is 0 Å². The summed E-state index contributed by atoms with van der Waals surface area (Å²) in [6, 6.07) is 7.75. The maximum atomic E-state index is 12.1. The number of rotatable bonds is 5.